The van der Waals surface area contributed by atoms with Crippen molar-refractivity contribution in [3.8, 4) is 0 Å². The minimum atomic E-state index is 0. The second-order valence-corrected chi connectivity index (χ2v) is 7.95. The van der Waals surface area contributed by atoms with Gasteiger partial charge >= 0.3 is 0 Å². The number of likely N-dealkylation sites (N-methyl/N-ethyl adjacent to an activating group) is 2. The molecule has 1 atom stereocenters. The van der Waals surface area contributed by atoms with E-state index in [4.69, 9.17) is 9.73 Å². The minimum Gasteiger partial charge on any atom is -0.385 e. The fourth-order valence-corrected chi connectivity index (χ4v) is 3.38. The molecular formula is C20H45IN6O. The molecule has 1 heterocycles. The molecule has 0 bridgehead atoms. The van der Waals surface area contributed by atoms with Crippen LogP contribution in [-0.4, -0.2) is 113 Å². The van der Waals surface area contributed by atoms with Gasteiger partial charge in [0.05, 0.1) is 6.54 Å². The van der Waals surface area contributed by atoms with E-state index in [2.05, 4.69) is 60.2 Å². The maximum Gasteiger partial charge on any atom is 0.191 e. The number of aliphatic imine (C=N–C) groups is 1. The summed E-state index contributed by atoms with van der Waals surface area (Å²) in [5.41, 5.74) is 0. The number of piperazine rings is 1. The smallest absolute Gasteiger partial charge is 0.191 e. The van der Waals surface area contributed by atoms with E-state index >= 15 is 0 Å². The molecule has 0 aliphatic carbocycles. The van der Waals surface area contributed by atoms with Gasteiger partial charge in [0.25, 0.3) is 0 Å². The van der Waals surface area contributed by atoms with Gasteiger partial charge in [0, 0.05) is 72.1 Å². The first-order valence-corrected chi connectivity index (χ1v) is 10.6. The van der Waals surface area contributed by atoms with Crippen LogP contribution in [0.25, 0.3) is 0 Å². The molecule has 1 saturated heterocycles. The van der Waals surface area contributed by atoms with Crippen LogP contribution in [-0.2, 0) is 4.74 Å². The third kappa shape index (κ3) is 11.7. The molecule has 8 heteroatoms. The van der Waals surface area contributed by atoms with E-state index in [-0.39, 0.29) is 24.0 Å². The summed E-state index contributed by atoms with van der Waals surface area (Å²) >= 11 is 0. The van der Waals surface area contributed by atoms with E-state index in [1.54, 1.807) is 7.11 Å². The Morgan fingerprint density at radius 2 is 1.82 bits per heavy atom. The summed E-state index contributed by atoms with van der Waals surface area (Å²) in [7, 11) is 6.12. The van der Waals surface area contributed by atoms with Gasteiger partial charge in [0.2, 0.25) is 0 Å². The van der Waals surface area contributed by atoms with Crippen LogP contribution in [0.2, 0.25) is 0 Å². The average molecular weight is 513 g/mol. The molecule has 1 fully saturated rings. The predicted octanol–water partition coefficient (Wildman–Crippen LogP) is 1.40. The zero-order valence-corrected chi connectivity index (χ0v) is 21.4. The largest absolute Gasteiger partial charge is 0.385 e. The Hall–Kier alpha value is -0.160. The summed E-state index contributed by atoms with van der Waals surface area (Å²) in [5.74, 6) is 1.54. The van der Waals surface area contributed by atoms with Gasteiger partial charge in [-0.25, -0.2) is 0 Å². The van der Waals surface area contributed by atoms with Gasteiger partial charge in [-0.2, -0.15) is 0 Å². The third-order valence-corrected chi connectivity index (χ3v) is 5.23. The molecule has 2 N–H and O–H groups in total. The molecule has 0 amide bonds. The van der Waals surface area contributed by atoms with Crippen LogP contribution in [0, 0.1) is 5.92 Å². The summed E-state index contributed by atoms with van der Waals surface area (Å²) in [6.45, 7) is 16.9. The van der Waals surface area contributed by atoms with Gasteiger partial charge in [-0.3, -0.25) is 9.89 Å². The highest BCUT2D eigenvalue weighted by molar-refractivity contribution is 14.0. The maximum absolute atomic E-state index is 5.12. The normalized spacial score (nSPS) is 17.6. The fraction of sp³-hybridized carbons (Fsp3) is 0.950. The Morgan fingerprint density at radius 1 is 1.14 bits per heavy atom. The lowest BCUT2D eigenvalue weighted by Gasteiger charge is -2.39. The van der Waals surface area contributed by atoms with Crippen molar-refractivity contribution >= 4 is 29.9 Å². The second kappa shape index (κ2) is 16.6. The van der Waals surface area contributed by atoms with E-state index < -0.39 is 0 Å². The number of halogens is 1. The molecule has 1 unspecified atom stereocenters. The summed E-state index contributed by atoms with van der Waals surface area (Å²) in [4.78, 5) is 12.3. The zero-order valence-electron chi connectivity index (χ0n) is 19.0. The third-order valence-electron chi connectivity index (χ3n) is 5.23. The highest BCUT2D eigenvalue weighted by atomic mass is 127. The molecule has 28 heavy (non-hydrogen) atoms. The Morgan fingerprint density at radius 3 is 2.39 bits per heavy atom. The Kier molecular flexibility index (Phi) is 16.5. The minimum absolute atomic E-state index is 0. The van der Waals surface area contributed by atoms with Gasteiger partial charge in [-0.15, -0.1) is 24.0 Å². The first-order chi connectivity index (χ1) is 13.0. The van der Waals surface area contributed by atoms with Crippen LogP contribution >= 0.6 is 24.0 Å². The van der Waals surface area contributed by atoms with E-state index in [1.807, 2.05) is 0 Å². The molecule has 0 aromatic heterocycles. The molecule has 0 radical (unpaired) electrons. The highest BCUT2D eigenvalue weighted by Gasteiger charge is 2.24. The van der Waals surface area contributed by atoms with Crippen molar-refractivity contribution in [2.75, 3.05) is 86.7 Å². The van der Waals surface area contributed by atoms with Crippen LogP contribution in [0.5, 0.6) is 0 Å². The summed E-state index contributed by atoms with van der Waals surface area (Å²) in [5, 5.41) is 6.87. The SMILES string of the molecule is CCNC(=NCC(C(C)C)N1CCN(C)CC1)NCCN(C)CCCOC.I. The molecule has 1 rings (SSSR count). The first kappa shape index (κ1) is 27.8. The lowest BCUT2D eigenvalue weighted by Crippen LogP contribution is -2.52. The van der Waals surface area contributed by atoms with E-state index in [0.717, 1.165) is 77.9 Å². The zero-order chi connectivity index (χ0) is 20.1. The van der Waals surface area contributed by atoms with Crippen LogP contribution in [0.15, 0.2) is 4.99 Å². The van der Waals surface area contributed by atoms with Crippen molar-refractivity contribution in [2.45, 2.75) is 33.2 Å². The lowest BCUT2D eigenvalue weighted by atomic mass is 10.0. The Labute approximate surface area is 190 Å². The average Bonchev–Trinajstić information content (AvgIpc) is 2.63. The van der Waals surface area contributed by atoms with Gasteiger partial charge in [0.15, 0.2) is 5.96 Å². The van der Waals surface area contributed by atoms with Crippen molar-refractivity contribution in [3.05, 3.63) is 0 Å². The van der Waals surface area contributed by atoms with E-state index in [9.17, 15) is 0 Å². The van der Waals surface area contributed by atoms with Crippen molar-refractivity contribution in [1.29, 1.82) is 0 Å². The summed E-state index contributed by atoms with van der Waals surface area (Å²) in [6, 6.07) is 0.505. The standard InChI is InChI=1S/C20H44N6O.HI/c1-7-21-20(22-9-11-24(4)10-8-16-27-6)23-17-19(18(2)3)26-14-12-25(5)13-15-26;/h18-19H,7-17H2,1-6H3,(H2,21,22,23);1H. The molecule has 0 aromatic rings. The van der Waals surface area contributed by atoms with E-state index in [0.29, 0.717) is 12.0 Å². The van der Waals surface area contributed by atoms with Gasteiger partial charge in [0.1, 0.15) is 0 Å². The van der Waals surface area contributed by atoms with Gasteiger partial charge in [-0.1, -0.05) is 13.8 Å². The maximum atomic E-state index is 5.12. The fourth-order valence-electron chi connectivity index (χ4n) is 3.38. The van der Waals surface area contributed by atoms with Crippen LogP contribution < -0.4 is 10.6 Å². The summed E-state index contributed by atoms with van der Waals surface area (Å²) < 4.78 is 5.12. The van der Waals surface area contributed by atoms with Crippen LogP contribution in [0.4, 0.5) is 0 Å². The number of methoxy groups -OCH3 is 1. The predicted molar refractivity (Wildman–Crippen MR) is 131 cm³/mol. The Bertz CT molecular complexity index is 402. The first-order valence-electron chi connectivity index (χ1n) is 10.6. The van der Waals surface area contributed by atoms with Crippen molar-refractivity contribution in [3.63, 3.8) is 0 Å². The van der Waals surface area contributed by atoms with Crippen LogP contribution in [0.1, 0.15) is 27.2 Å². The van der Waals surface area contributed by atoms with Crippen molar-refractivity contribution in [1.82, 2.24) is 25.3 Å². The molecule has 1 aliphatic heterocycles. The molecule has 1 aliphatic rings. The number of hydrogen-bond donors (Lipinski definition) is 2. The number of hydrogen-bond acceptors (Lipinski definition) is 5. The summed E-state index contributed by atoms with van der Waals surface area (Å²) in [6.07, 6.45) is 1.07. The lowest BCUT2D eigenvalue weighted by molar-refractivity contribution is 0.0925. The number of nitrogens with one attached hydrogen (secondary N) is 2. The van der Waals surface area contributed by atoms with Crippen molar-refractivity contribution in [2.24, 2.45) is 10.9 Å². The number of guanidine groups is 1. The topological polar surface area (TPSA) is 55.4 Å². The van der Waals surface area contributed by atoms with Crippen molar-refractivity contribution < 1.29 is 4.74 Å². The number of rotatable bonds is 12. The molecule has 0 spiro atoms. The van der Waals surface area contributed by atoms with Crippen LogP contribution in [0.3, 0.4) is 0 Å². The van der Waals surface area contributed by atoms with E-state index in [1.165, 1.54) is 0 Å². The number of nitrogens with zero attached hydrogens (tertiary/aromatic N) is 4. The Balaban J connectivity index is 0.00000729. The highest BCUT2D eigenvalue weighted by Crippen LogP contribution is 2.13. The monoisotopic (exact) mass is 512 g/mol. The quantitative estimate of drug-likeness (QED) is 0.179. The second-order valence-electron chi connectivity index (χ2n) is 7.95. The van der Waals surface area contributed by atoms with Gasteiger partial charge < -0.3 is 25.2 Å². The number of ether oxygens (including phenoxy) is 1. The molecule has 0 aromatic carbocycles. The van der Waals surface area contributed by atoms with Gasteiger partial charge in [-0.05, 0) is 33.4 Å². The molecule has 168 valence electrons. The molecule has 7 nitrogen and oxygen atoms in total. The molecule has 0 saturated carbocycles. The molecular weight excluding hydrogens is 467 g/mol.